The third-order valence-electron chi connectivity index (χ3n) is 1.95. The van der Waals surface area contributed by atoms with Crippen LogP contribution < -0.4 is 20.7 Å². The zero-order chi connectivity index (χ0) is 9.42. The van der Waals surface area contributed by atoms with Crippen molar-refractivity contribution in [3.63, 3.8) is 0 Å². The van der Waals surface area contributed by atoms with E-state index in [4.69, 9.17) is 4.74 Å². The lowest BCUT2D eigenvalue weighted by Crippen LogP contribution is -2.31. The quantitative estimate of drug-likeness (QED) is 0.788. The van der Waals surface area contributed by atoms with E-state index in [-0.39, 0.29) is 0 Å². The number of anilines is 2. The number of halogens is 1. The van der Waals surface area contributed by atoms with Crippen molar-refractivity contribution in [1.82, 2.24) is 5.53 Å². The molecule has 1 aromatic carbocycles. The maximum atomic E-state index is 5.26. The van der Waals surface area contributed by atoms with Gasteiger partial charge in [-0.1, -0.05) is 15.9 Å². The second-order valence-corrected chi connectivity index (χ2v) is 3.72. The lowest BCUT2D eigenvalue weighted by Gasteiger charge is -2.13. The van der Waals surface area contributed by atoms with E-state index >= 15 is 0 Å². The number of benzene rings is 1. The van der Waals surface area contributed by atoms with E-state index in [1.807, 2.05) is 24.2 Å². The van der Waals surface area contributed by atoms with Crippen LogP contribution in [0.5, 0.6) is 5.75 Å². The Balaban J connectivity index is 2.57. The predicted octanol–water partition coefficient (Wildman–Crippen LogP) is 1.74. The Kier molecular flexibility index (Phi) is 2.05. The number of nitrogens with one attached hydrogen (secondary N) is 2. The number of rotatable bonds is 1. The lowest BCUT2D eigenvalue weighted by atomic mass is 10.2. The molecule has 0 saturated carbocycles. The van der Waals surface area contributed by atoms with Crippen molar-refractivity contribution in [3.05, 3.63) is 16.6 Å². The molecule has 4 nitrogen and oxygen atoms in total. The summed E-state index contributed by atoms with van der Waals surface area (Å²) in [4.78, 5) is 0. The second-order valence-electron chi connectivity index (χ2n) is 2.80. The Hall–Kier alpha value is -0.940. The highest BCUT2D eigenvalue weighted by atomic mass is 79.9. The summed E-state index contributed by atoms with van der Waals surface area (Å²) in [6.45, 7) is 0. The summed E-state index contributed by atoms with van der Waals surface area (Å²) in [6, 6.07) is 3.93. The fourth-order valence-corrected chi connectivity index (χ4v) is 1.81. The van der Waals surface area contributed by atoms with E-state index in [1.165, 1.54) is 0 Å². The number of ether oxygens (including phenoxy) is 1. The average Bonchev–Trinajstić information content (AvgIpc) is 2.46. The van der Waals surface area contributed by atoms with Crippen molar-refractivity contribution >= 4 is 27.3 Å². The van der Waals surface area contributed by atoms with E-state index in [1.54, 1.807) is 7.11 Å². The third-order valence-corrected chi connectivity index (χ3v) is 2.41. The Labute approximate surface area is 84.9 Å². The molecule has 0 atom stereocenters. The van der Waals surface area contributed by atoms with Gasteiger partial charge < -0.3 is 10.2 Å². The minimum Gasteiger partial charge on any atom is -0.494 e. The van der Waals surface area contributed by atoms with Crippen LogP contribution in [0.25, 0.3) is 0 Å². The molecule has 0 amide bonds. The molecule has 2 N–H and O–H groups in total. The Morgan fingerprint density at radius 1 is 1.46 bits per heavy atom. The minimum atomic E-state index is 0.837. The predicted molar refractivity (Wildman–Crippen MR) is 55.9 cm³/mol. The minimum absolute atomic E-state index is 0.837. The lowest BCUT2D eigenvalue weighted by molar-refractivity contribution is 0.415. The summed E-state index contributed by atoms with van der Waals surface area (Å²) in [7, 11) is 3.59. The summed E-state index contributed by atoms with van der Waals surface area (Å²) in [6.07, 6.45) is 0. The molecule has 1 aromatic rings. The van der Waals surface area contributed by atoms with E-state index in [9.17, 15) is 0 Å². The van der Waals surface area contributed by atoms with Crippen LogP contribution in [0.15, 0.2) is 16.6 Å². The Bertz CT molecular complexity index is 342. The Morgan fingerprint density at radius 2 is 2.23 bits per heavy atom. The van der Waals surface area contributed by atoms with Gasteiger partial charge >= 0.3 is 0 Å². The largest absolute Gasteiger partial charge is 0.494 e. The number of nitrogens with zero attached hydrogens (tertiary/aromatic N) is 1. The average molecular weight is 244 g/mol. The fraction of sp³-hybridized carbons (Fsp3) is 0.250. The number of methoxy groups -OCH3 is 1. The van der Waals surface area contributed by atoms with Gasteiger partial charge in [0.05, 0.1) is 12.8 Å². The van der Waals surface area contributed by atoms with Crippen molar-refractivity contribution in [1.29, 1.82) is 0 Å². The molecule has 1 heterocycles. The van der Waals surface area contributed by atoms with Gasteiger partial charge in [-0.2, -0.15) is 0 Å². The molecule has 0 aromatic heterocycles. The maximum absolute atomic E-state index is 5.26. The molecule has 0 saturated heterocycles. The van der Waals surface area contributed by atoms with Gasteiger partial charge in [0.1, 0.15) is 11.4 Å². The normalized spacial score (nSPS) is 13.9. The SMILES string of the molecule is COc1cc(Br)cc2c1N(C)NN2. The highest BCUT2D eigenvalue weighted by Crippen LogP contribution is 2.39. The first kappa shape index (κ1) is 8.65. The van der Waals surface area contributed by atoms with Crippen molar-refractivity contribution < 1.29 is 4.74 Å². The van der Waals surface area contributed by atoms with Crippen LogP contribution in [0.2, 0.25) is 0 Å². The standard InChI is InChI=1S/C8H10BrN3O/c1-12-8-6(10-11-12)3-5(9)4-7(8)13-2/h3-4,10-11H,1-2H3. The van der Waals surface area contributed by atoms with E-state index in [0.29, 0.717) is 0 Å². The van der Waals surface area contributed by atoms with E-state index in [2.05, 4.69) is 26.9 Å². The van der Waals surface area contributed by atoms with Gasteiger partial charge in [-0.25, -0.2) is 0 Å². The molecule has 0 spiro atoms. The molecule has 0 radical (unpaired) electrons. The van der Waals surface area contributed by atoms with Crippen LogP contribution in [-0.4, -0.2) is 14.2 Å². The monoisotopic (exact) mass is 243 g/mol. The fourth-order valence-electron chi connectivity index (χ4n) is 1.37. The number of fused-ring (bicyclic) bond motifs is 1. The zero-order valence-electron chi connectivity index (χ0n) is 7.39. The third kappa shape index (κ3) is 1.34. The second kappa shape index (κ2) is 3.08. The summed E-state index contributed by atoms with van der Waals surface area (Å²) >= 11 is 3.41. The molecule has 70 valence electrons. The molecule has 5 heteroatoms. The Morgan fingerprint density at radius 3 is 2.92 bits per heavy atom. The van der Waals surface area contributed by atoms with E-state index in [0.717, 1.165) is 21.6 Å². The van der Waals surface area contributed by atoms with Gasteiger partial charge in [-0.05, 0) is 12.1 Å². The summed E-state index contributed by atoms with van der Waals surface area (Å²) in [5.74, 6) is 0.837. The zero-order valence-corrected chi connectivity index (χ0v) is 8.97. The van der Waals surface area contributed by atoms with Gasteiger partial charge in [-0.3, -0.25) is 5.01 Å². The highest BCUT2D eigenvalue weighted by molar-refractivity contribution is 9.10. The van der Waals surface area contributed by atoms with E-state index < -0.39 is 0 Å². The molecule has 2 rings (SSSR count). The summed E-state index contributed by atoms with van der Waals surface area (Å²) in [5.41, 5.74) is 8.03. The molecule has 0 aliphatic carbocycles. The first-order valence-corrected chi connectivity index (χ1v) is 4.64. The molecular weight excluding hydrogens is 234 g/mol. The van der Waals surface area contributed by atoms with Crippen molar-refractivity contribution in [3.8, 4) is 5.75 Å². The molecule has 0 unspecified atom stereocenters. The first-order chi connectivity index (χ1) is 6.22. The van der Waals surface area contributed by atoms with Crippen molar-refractivity contribution in [2.75, 3.05) is 24.6 Å². The van der Waals surface area contributed by atoms with Gasteiger partial charge in [0.15, 0.2) is 0 Å². The molecule has 1 aliphatic heterocycles. The van der Waals surface area contributed by atoms with Crippen molar-refractivity contribution in [2.45, 2.75) is 0 Å². The summed E-state index contributed by atoms with van der Waals surface area (Å²) in [5, 5.41) is 1.88. The smallest absolute Gasteiger partial charge is 0.146 e. The summed E-state index contributed by atoms with van der Waals surface area (Å²) < 4.78 is 6.25. The van der Waals surface area contributed by atoms with Gasteiger partial charge in [0.2, 0.25) is 0 Å². The molecule has 1 aliphatic rings. The van der Waals surface area contributed by atoms with Gasteiger partial charge in [0, 0.05) is 11.5 Å². The van der Waals surface area contributed by atoms with Crippen LogP contribution in [0.3, 0.4) is 0 Å². The molecular formula is C8H10BrN3O. The molecule has 0 bridgehead atoms. The molecule has 13 heavy (non-hydrogen) atoms. The maximum Gasteiger partial charge on any atom is 0.146 e. The van der Waals surface area contributed by atoms with Crippen LogP contribution in [-0.2, 0) is 0 Å². The van der Waals surface area contributed by atoms with Crippen LogP contribution in [0, 0.1) is 0 Å². The first-order valence-electron chi connectivity index (χ1n) is 3.85. The van der Waals surface area contributed by atoms with Crippen LogP contribution in [0.4, 0.5) is 11.4 Å². The number of hydrogen-bond donors (Lipinski definition) is 2. The molecule has 0 fully saturated rings. The number of hydrazine groups is 2. The van der Waals surface area contributed by atoms with Gasteiger partial charge in [0.25, 0.3) is 0 Å². The van der Waals surface area contributed by atoms with Crippen LogP contribution >= 0.6 is 15.9 Å². The number of hydrogen-bond acceptors (Lipinski definition) is 4. The topological polar surface area (TPSA) is 36.5 Å². The van der Waals surface area contributed by atoms with Crippen LogP contribution in [0.1, 0.15) is 0 Å². The van der Waals surface area contributed by atoms with Crippen molar-refractivity contribution in [2.24, 2.45) is 0 Å². The highest BCUT2D eigenvalue weighted by Gasteiger charge is 2.20. The van der Waals surface area contributed by atoms with Gasteiger partial charge in [-0.15, -0.1) is 5.53 Å².